The molecule has 0 aliphatic heterocycles. The molecule has 23 heavy (non-hydrogen) atoms. The molecule has 0 aromatic heterocycles. The first-order valence-corrected chi connectivity index (χ1v) is 11.6. The molecule has 0 atom stereocenters. The minimum absolute atomic E-state index is 0.219. The van der Waals surface area contributed by atoms with E-state index >= 15 is 0 Å². The Morgan fingerprint density at radius 1 is 0.696 bits per heavy atom. The van der Waals surface area contributed by atoms with E-state index in [1.165, 1.54) is 84.2 Å². The molecule has 0 aliphatic carbocycles. The van der Waals surface area contributed by atoms with Gasteiger partial charge in [-0.3, -0.25) is 0 Å². The van der Waals surface area contributed by atoms with E-state index in [0.29, 0.717) is 0 Å². The Balaban J connectivity index is 3.07. The van der Waals surface area contributed by atoms with E-state index in [9.17, 15) is 9.59 Å². The molecule has 0 heterocycles. The lowest BCUT2D eigenvalue weighted by atomic mass is 10.0. The summed E-state index contributed by atoms with van der Waals surface area (Å²) in [7, 11) is -2.53. The summed E-state index contributed by atoms with van der Waals surface area (Å²) >= 11 is 0. The zero-order valence-corrected chi connectivity index (χ0v) is 16.3. The van der Waals surface area contributed by atoms with Crippen molar-refractivity contribution in [1.29, 1.82) is 0 Å². The molecule has 0 radical (unpaired) electrons. The summed E-state index contributed by atoms with van der Waals surface area (Å²) in [4.78, 5) is 22.4. The number of hydrogen-bond donors (Lipinski definition) is 0. The third kappa shape index (κ3) is 18.0. The lowest BCUT2D eigenvalue weighted by Crippen LogP contribution is -2.64. The van der Waals surface area contributed by atoms with Gasteiger partial charge in [0.25, 0.3) is 0 Å². The molecule has 3 nitrogen and oxygen atoms in total. The van der Waals surface area contributed by atoms with Gasteiger partial charge in [0.2, 0.25) is 0 Å². The van der Waals surface area contributed by atoms with E-state index in [2.05, 4.69) is 11.0 Å². The molecule has 0 aromatic carbocycles. The lowest BCUT2D eigenvalue weighted by molar-refractivity contribution is -0.404. The summed E-state index contributed by atoms with van der Waals surface area (Å²) < 4.78 is 4.49. The van der Waals surface area contributed by atoms with Gasteiger partial charge in [-0.2, -0.15) is 0 Å². The summed E-state index contributed by atoms with van der Waals surface area (Å²) in [5, 5.41) is 0. The van der Waals surface area contributed by atoms with Gasteiger partial charge in [-0.1, -0.05) is 95.6 Å². The fourth-order valence-corrected chi connectivity index (χ4v) is 3.74. The number of unbranched alkanes of at least 4 members (excludes halogenated alkanes) is 14. The topological polar surface area (TPSA) is 55.3 Å². The van der Waals surface area contributed by atoms with Gasteiger partial charge in [0.15, 0.2) is 0 Å². The third-order valence-corrected chi connectivity index (χ3v) is 6.04. The van der Waals surface area contributed by atoms with Gasteiger partial charge in [-0.25, -0.2) is 0 Å². The molecule has 0 aliphatic rings. The standard InChI is InChI=1S/C19H38O3Si/c1-3-4-5-6-7-8-9-10-11-12-13-14-15-16-17-18-19-23(20,21)22-2/h3H,1,4-19H2,2H3/q-2. The molecule has 138 valence electrons. The molecule has 0 unspecified atom stereocenters. The average molecular weight is 343 g/mol. The van der Waals surface area contributed by atoms with Crippen LogP contribution in [0.15, 0.2) is 12.7 Å². The highest BCUT2D eigenvalue weighted by Gasteiger charge is 2.01. The molecule has 0 rings (SSSR count). The maximum atomic E-state index is 11.2. The monoisotopic (exact) mass is 342 g/mol. The van der Waals surface area contributed by atoms with Gasteiger partial charge < -0.3 is 14.0 Å². The van der Waals surface area contributed by atoms with Crippen LogP contribution in [0.3, 0.4) is 0 Å². The maximum Gasteiger partial charge on any atom is 0.0190 e. The fourth-order valence-electron chi connectivity index (χ4n) is 2.85. The highest BCUT2D eigenvalue weighted by Crippen LogP contribution is 2.14. The van der Waals surface area contributed by atoms with Crippen LogP contribution >= 0.6 is 0 Å². The normalized spacial score (nSPS) is 11.8. The fraction of sp³-hybridized carbons (Fsp3) is 0.895. The van der Waals surface area contributed by atoms with Crippen molar-refractivity contribution in [3.63, 3.8) is 0 Å². The van der Waals surface area contributed by atoms with Crippen LogP contribution in [-0.4, -0.2) is 15.9 Å². The Morgan fingerprint density at radius 3 is 1.39 bits per heavy atom. The molecule has 0 spiro atoms. The quantitative estimate of drug-likeness (QED) is 0.212. The van der Waals surface area contributed by atoms with E-state index in [0.717, 1.165) is 19.3 Å². The zero-order valence-electron chi connectivity index (χ0n) is 15.3. The molecule has 0 bridgehead atoms. The Labute approximate surface area is 145 Å². The van der Waals surface area contributed by atoms with Crippen LogP contribution in [0.25, 0.3) is 0 Å². The maximum absolute atomic E-state index is 11.2. The zero-order chi connectivity index (χ0) is 17.2. The highest BCUT2D eigenvalue weighted by atomic mass is 28.4. The van der Waals surface area contributed by atoms with Gasteiger partial charge in [0, 0.05) is 7.11 Å². The first kappa shape index (κ1) is 22.8. The molecular weight excluding hydrogens is 304 g/mol. The van der Waals surface area contributed by atoms with Crippen molar-refractivity contribution >= 4 is 8.80 Å². The minimum Gasteiger partial charge on any atom is -0.849 e. The van der Waals surface area contributed by atoms with E-state index in [1.807, 2.05) is 6.08 Å². The smallest absolute Gasteiger partial charge is 0.0190 e. The van der Waals surface area contributed by atoms with Gasteiger partial charge in [-0.05, 0) is 21.6 Å². The number of allylic oxidation sites excluding steroid dienone is 1. The predicted molar refractivity (Wildman–Crippen MR) is 97.0 cm³/mol. The summed E-state index contributed by atoms with van der Waals surface area (Å²) in [5.74, 6) is 0. The summed E-state index contributed by atoms with van der Waals surface area (Å²) in [6, 6.07) is 0.219. The Kier molecular flexibility index (Phi) is 16.6. The second-order valence-electron chi connectivity index (χ2n) is 6.66. The van der Waals surface area contributed by atoms with Gasteiger partial charge in [0.1, 0.15) is 0 Å². The van der Waals surface area contributed by atoms with Crippen LogP contribution in [0.2, 0.25) is 6.04 Å². The molecule has 0 saturated heterocycles. The summed E-state index contributed by atoms with van der Waals surface area (Å²) in [6.45, 7) is 3.75. The number of hydrogen-bond acceptors (Lipinski definition) is 3. The molecule has 0 fully saturated rings. The first-order chi connectivity index (χ1) is 11.1. The molecule has 0 amide bonds. The van der Waals surface area contributed by atoms with Crippen LogP contribution in [-0.2, 0) is 4.43 Å². The Hall–Kier alpha value is -0.163. The molecule has 0 aromatic rings. The van der Waals surface area contributed by atoms with Crippen LogP contribution in [0.5, 0.6) is 0 Å². The Bertz CT molecular complexity index is 257. The largest absolute Gasteiger partial charge is 0.849 e. The van der Waals surface area contributed by atoms with E-state index < -0.39 is 8.80 Å². The third-order valence-electron chi connectivity index (χ3n) is 4.45. The molecular formula is C19H38O3Si-2. The highest BCUT2D eigenvalue weighted by molar-refractivity contribution is 6.53. The van der Waals surface area contributed by atoms with Gasteiger partial charge >= 0.3 is 0 Å². The van der Waals surface area contributed by atoms with Crippen molar-refractivity contribution in [2.24, 2.45) is 0 Å². The van der Waals surface area contributed by atoms with Crippen molar-refractivity contribution in [3.8, 4) is 0 Å². The molecule has 4 heteroatoms. The molecule has 0 saturated carbocycles. The SMILES string of the molecule is C=CCCCCCCCCCCCCCCCC[Si]([O-])([O-])OC. The van der Waals surface area contributed by atoms with Crippen LogP contribution < -0.4 is 9.59 Å². The second-order valence-corrected chi connectivity index (χ2v) is 8.94. The van der Waals surface area contributed by atoms with E-state index in [1.54, 1.807) is 0 Å². The summed E-state index contributed by atoms with van der Waals surface area (Å²) in [5.41, 5.74) is 0. The van der Waals surface area contributed by atoms with E-state index in [-0.39, 0.29) is 6.04 Å². The Morgan fingerprint density at radius 2 is 1.04 bits per heavy atom. The van der Waals surface area contributed by atoms with Crippen molar-refractivity contribution in [2.75, 3.05) is 7.11 Å². The van der Waals surface area contributed by atoms with Crippen molar-refractivity contribution in [3.05, 3.63) is 12.7 Å². The van der Waals surface area contributed by atoms with E-state index in [4.69, 9.17) is 0 Å². The second kappa shape index (κ2) is 16.7. The van der Waals surface area contributed by atoms with Gasteiger partial charge in [-0.15, -0.1) is 6.58 Å². The molecule has 0 N–H and O–H groups in total. The van der Waals surface area contributed by atoms with Crippen LogP contribution in [0.4, 0.5) is 0 Å². The van der Waals surface area contributed by atoms with Crippen LogP contribution in [0, 0.1) is 0 Å². The van der Waals surface area contributed by atoms with Crippen molar-refractivity contribution in [2.45, 2.75) is 102 Å². The van der Waals surface area contributed by atoms with Crippen LogP contribution in [0.1, 0.15) is 96.3 Å². The van der Waals surface area contributed by atoms with Gasteiger partial charge in [0.05, 0.1) is 0 Å². The lowest BCUT2D eigenvalue weighted by Gasteiger charge is -2.44. The average Bonchev–Trinajstić information content (AvgIpc) is 2.54. The minimum atomic E-state index is -3.79. The first-order valence-electron chi connectivity index (χ1n) is 9.69. The predicted octanol–water partition coefficient (Wildman–Crippen LogP) is 4.33. The summed E-state index contributed by atoms with van der Waals surface area (Å²) in [6.07, 6.45) is 20.9. The van der Waals surface area contributed by atoms with Crippen molar-refractivity contribution in [1.82, 2.24) is 0 Å². The number of rotatable bonds is 18. The van der Waals surface area contributed by atoms with Crippen molar-refractivity contribution < 1.29 is 14.0 Å².